The number of aromatic nitrogens is 4. The van der Waals surface area contributed by atoms with E-state index in [1.54, 1.807) is 15.6 Å². The smallest absolute Gasteiger partial charge is 0.254 e. The normalized spacial score (nSPS) is 18.1. The summed E-state index contributed by atoms with van der Waals surface area (Å²) in [7, 11) is 0. The topological polar surface area (TPSA) is 150 Å². The molecule has 2 aliphatic heterocycles. The van der Waals surface area contributed by atoms with Crippen molar-refractivity contribution in [3.05, 3.63) is 65.0 Å². The number of piperidine rings is 2. The molecule has 12 heteroatoms. The van der Waals surface area contributed by atoms with Crippen LogP contribution < -0.4 is 5.73 Å². The number of hydrogen-bond donors (Lipinski definition) is 3. The number of halogens is 1. The lowest BCUT2D eigenvalue weighted by Gasteiger charge is -2.42. The van der Waals surface area contributed by atoms with Crippen LogP contribution in [0.3, 0.4) is 0 Å². The Balaban J connectivity index is 1.17. The average Bonchev–Trinajstić information content (AvgIpc) is 3.47. The van der Waals surface area contributed by atoms with Gasteiger partial charge in [0.1, 0.15) is 17.5 Å². The van der Waals surface area contributed by atoms with Crippen LogP contribution in [0.1, 0.15) is 44.2 Å². The van der Waals surface area contributed by atoms with Gasteiger partial charge in [0.15, 0.2) is 5.65 Å². The van der Waals surface area contributed by atoms with Crippen molar-refractivity contribution in [2.24, 2.45) is 0 Å². The van der Waals surface area contributed by atoms with E-state index in [-0.39, 0.29) is 43.7 Å². The highest BCUT2D eigenvalue weighted by Gasteiger charge is 2.44. The van der Waals surface area contributed by atoms with E-state index in [9.17, 15) is 19.8 Å². The first-order valence-corrected chi connectivity index (χ1v) is 15.3. The van der Waals surface area contributed by atoms with Gasteiger partial charge in [0.25, 0.3) is 11.8 Å². The minimum Gasteiger partial charge on any atom is -0.384 e. The molecular weight excluding hydrogens is 614 g/mol. The third-order valence-corrected chi connectivity index (χ3v) is 9.43. The first-order valence-electron chi connectivity index (χ1n) is 14.5. The molecule has 0 radical (unpaired) electrons. The molecule has 0 bridgehead atoms. The molecule has 0 spiro atoms. The molecule has 4 N–H and O–H groups in total. The Morgan fingerprint density at radius 3 is 2.33 bits per heavy atom. The van der Waals surface area contributed by atoms with Crippen LogP contribution in [-0.4, -0.2) is 89.3 Å². The number of likely N-dealkylation sites (tertiary alicyclic amines) is 2. The van der Waals surface area contributed by atoms with E-state index < -0.39 is 11.7 Å². The maximum absolute atomic E-state index is 13.4. The van der Waals surface area contributed by atoms with Gasteiger partial charge in [-0.25, -0.2) is 4.98 Å². The van der Waals surface area contributed by atoms with E-state index >= 15 is 0 Å². The lowest BCUT2D eigenvalue weighted by atomic mass is 9.87. The summed E-state index contributed by atoms with van der Waals surface area (Å²) in [6.45, 7) is 2.83. The third kappa shape index (κ3) is 5.50. The molecule has 4 aromatic rings. The minimum atomic E-state index is -1.51. The Kier molecular flexibility index (Phi) is 7.92. The van der Waals surface area contributed by atoms with E-state index in [1.807, 2.05) is 48.7 Å². The summed E-state index contributed by atoms with van der Waals surface area (Å²) in [5.41, 5.74) is 10.1. The number of anilines is 1. The summed E-state index contributed by atoms with van der Waals surface area (Å²) in [5.74, 6) is -0.188. The van der Waals surface area contributed by atoms with Gasteiger partial charge in [0.05, 0.1) is 22.1 Å². The summed E-state index contributed by atoms with van der Waals surface area (Å²) in [6.07, 6.45) is 4.08. The maximum atomic E-state index is 13.4. The lowest BCUT2D eigenvalue weighted by molar-refractivity contribution is -0.161. The van der Waals surface area contributed by atoms with Gasteiger partial charge in [-0.15, -0.1) is 0 Å². The molecule has 2 fully saturated rings. The number of nitrogens with zero attached hydrogens (tertiary/aromatic N) is 6. The average molecular weight is 649 g/mol. The van der Waals surface area contributed by atoms with Crippen LogP contribution in [0, 0.1) is 0 Å². The number of pyridine rings is 1. The fraction of sp³-hybridized carbons (Fsp3) is 0.387. The highest BCUT2D eigenvalue weighted by Crippen LogP contribution is 2.38. The standard InChI is InChI=1S/C31H34BrN7O4/c1-19(40)29(41)37-15-11-31(43,12-16-37)30(42)38-13-9-21(10-14-38)26-25(32)27(33)39-28(36-26)23(18-35-39)22-7-8-24(34-17-22)20-5-3-2-4-6-20/h2-8,17-19,21,40,43H,9-16,33H2,1H3/t19-/m1/s1. The van der Waals surface area contributed by atoms with Crippen LogP contribution in [-0.2, 0) is 9.59 Å². The molecule has 3 aromatic heterocycles. The van der Waals surface area contributed by atoms with Crippen molar-refractivity contribution in [1.82, 2.24) is 29.4 Å². The number of rotatable bonds is 5. The molecule has 11 nitrogen and oxygen atoms in total. The van der Waals surface area contributed by atoms with Crippen molar-refractivity contribution in [3.63, 3.8) is 0 Å². The van der Waals surface area contributed by atoms with E-state index in [1.165, 1.54) is 11.8 Å². The van der Waals surface area contributed by atoms with E-state index in [2.05, 4.69) is 26.0 Å². The number of nitrogens with two attached hydrogens (primary N) is 1. The first-order chi connectivity index (χ1) is 20.7. The van der Waals surface area contributed by atoms with Crippen molar-refractivity contribution in [3.8, 4) is 22.4 Å². The van der Waals surface area contributed by atoms with Crippen LogP contribution in [0.2, 0.25) is 0 Å². The number of aliphatic hydroxyl groups excluding tert-OH is 1. The molecule has 2 aliphatic rings. The summed E-state index contributed by atoms with van der Waals surface area (Å²) in [4.78, 5) is 38.4. The predicted molar refractivity (Wildman–Crippen MR) is 165 cm³/mol. The highest BCUT2D eigenvalue weighted by molar-refractivity contribution is 9.10. The monoisotopic (exact) mass is 647 g/mol. The largest absolute Gasteiger partial charge is 0.384 e. The van der Waals surface area contributed by atoms with Gasteiger partial charge in [-0.05, 0) is 41.8 Å². The van der Waals surface area contributed by atoms with Gasteiger partial charge < -0.3 is 25.7 Å². The number of nitrogen functional groups attached to an aromatic ring is 1. The molecule has 1 aromatic carbocycles. The van der Waals surface area contributed by atoms with Crippen LogP contribution in [0.5, 0.6) is 0 Å². The van der Waals surface area contributed by atoms with Crippen LogP contribution >= 0.6 is 15.9 Å². The molecule has 224 valence electrons. The molecule has 1 atom stereocenters. The van der Waals surface area contributed by atoms with Gasteiger partial charge >= 0.3 is 0 Å². The molecule has 2 amide bonds. The van der Waals surface area contributed by atoms with E-state index in [0.29, 0.717) is 41.9 Å². The Morgan fingerprint density at radius 1 is 1.00 bits per heavy atom. The summed E-state index contributed by atoms with van der Waals surface area (Å²) >= 11 is 3.65. The SMILES string of the molecule is C[C@@H](O)C(=O)N1CCC(O)(C(=O)N2CCC(c3nc4c(-c5ccc(-c6ccccc6)nc5)cnn4c(N)c3Br)CC2)CC1. The van der Waals surface area contributed by atoms with Crippen molar-refractivity contribution >= 4 is 39.2 Å². The predicted octanol–water partition coefficient (Wildman–Crippen LogP) is 3.24. The number of hydrogen-bond acceptors (Lipinski definition) is 8. The Labute approximate surface area is 257 Å². The molecule has 43 heavy (non-hydrogen) atoms. The molecular formula is C31H34BrN7O4. The first kappa shape index (κ1) is 29.2. The molecule has 0 saturated carbocycles. The van der Waals surface area contributed by atoms with Gasteiger partial charge in [0.2, 0.25) is 0 Å². The van der Waals surface area contributed by atoms with Crippen LogP contribution in [0.4, 0.5) is 5.82 Å². The number of aliphatic hydroxyl groups is 2. The zero-order valence-electron chi connectivity index (χ0n) is 23.9. The van der Waals surface area contributed by atoms with Crippen molar-refractivity contribution in [2.45, 2.75) is 50.2 Å². The van der Waals surface area contributed by atoms with Gasteiger partial charge in [-0.1, -0.05) is 36.4 Å². The second kappa shape index (κ2) is 11.7. The molecule has 0 aliphatic carbocycles. The second-order valence-corrected chi connectivity index (χ2v) is 12.2. The van der Waals surface area contributed by atoms with Crippen molar-refractivity contribution < 1.29 is 19.8 Å². The van der Waals surface area contributed by atoms with E-state index in [4.69, 9.17) is 10.7 Å². The fourth-order valence-corrected chi connectivity index (χ4v) is 6.63. The van der Waals surface area contributed by atoms with Crippen molar-refractivity contribution in [2.75, 3.05) is 31.9 Å². The fourth-order valence-electron chi connectivity index (χ4n) is 6.05. The number of benzene rings is 1. The second-order valence-electron chi connectivity index (χ2n) is 11.4. The Hall–Kier alpha value is -3.87. The lowest BCUT2D eigenvalue weighted by Crippen LogP contribution is -2.57. The summed E-state index contributed by atoms with van der Waals surface area (Å²) in [5, 5.41) is 25.2. The zero-order valence-corrected chi connectivity index (χ0v) is 25.4. The van der Waals surface area contributed by atoms with E-state index in [0.717, 1.165) is 28.1 Å². The molecule has 0 unspecified atom stereocenters. The van der Waals surface area contributed by atoms with Gasteiger partial charge in [-0.2, -0.15) is 9.61 Å². The molecule has 2 saturated heterocycles. The number of carbonyl (C=O) groups is 2. The van der Waals surface area contributed by atoms with Gasteiger partial charge in [-0.3, -0.25) is 14.6 Å². The highest BCUT2D eigenvalue weighted by atomic mass is 79.9. The molecule has 6 rings (SSSR count). The number of carbonyl (C=O) groups excluding carboxylic acids is 2. The van der Waals surface area contributed by atoms with Crippen molar-refractivity contribution in [1.29, 1.82) is 0 Å². The minimum absolute atomic E-state index is 0.0483. The van der Waals surface area contributed by atoms with Gasteiger partial charge in [0, 0.05) is 67.8 Å². The Bertz CT molecular complexity index is 1640. The summed E-state index contributed by atoms with van der Waals surface area (Å²) < 4.78 is 2.31. The third-order valence-electron chi connectivity index (χ3n) is 8.62. The number of amides is 2. The maximum Gasteiger partial charge on any atom is 0.254 e. The Morgan fingerprint density at radius 2 is 1.70 bits per heavy atom. The summed E-state index contributed by atoms with van der Waals surface area (Å²) in [6, 6.07) is 14.0. The molecule has 5 heterocycles. The quantitative estimate of drug-likeness (QED) is 0.299. The van der Waals surface area contributed by atoms with Crippen LogP contribution in [0.15, 0.2) is 59.3 Å². The zero-order chi connectivity index (χ0) is 30.3. The van der Waals surface area contributed by atoms with Crippen LogP contribution in [0.25, 0.3) is 28.0 Å². The number of fused-ring (bicyclic) bond motifs is 1.